The van der Waals surface area contributed by atoms with Crippen molar-refractivity contribution >= 4 is 17.8 Å². The van der Waals surface area contributed by atoms with Gasteiger partial charge in [0.05, 0.1) is 13.0 Å². The molecule has 0 saturated carbocycles. The van der Waals surface area contributed by atoms with E-state index in [9.17, 15) is 29.7 Å². The molecular formula is C42H80N2O8. The van der Waals surface area contributed by atoms with E-state index < -0.39 is 49.1 Å². The molecule has 306 valence electrons. The van der Waals surface area contributed by atoms with Crippen LogP contribution in [-0.2, 0) is 19.1 Å². The molecule has 2 amide bonds. The Kier molecular flexibility index (Phi) is 30.3. The van der Waals surface area contributed by atoms with Gasteiger partial charge in [-0.15, -0.1) is 0 Å². The maximum atomic E-state index is 13.8. The second kappa shape index (κ2) is 32.7. The molecule has 1 aliphatic heterocycles. The van der Waals surface area contributed by atoms with Crippen molar-refractivity contribution < 1.29 is 39.5 Å². The number of hydrogen-bond acceptors (Lipinski definition) is 7. The first-order valence-corrected chi connectivity index (χ1v) is 21.7. The van der Waals surface area contributed by atoms with Crippen LogP contribution < -0.4 is 5.32 Å². The lowest BCUT2D eigenvalue weighted by atomic mass is 9.94. The van der Waals surface area contributed by atoms with E-state index in [4.69, 9.17) is 9.84 Å². The van der Waals surface area contributed by atoms with Crippen LogP contribution in [0, 0.1) is 0 Å². The standard InChI is InChI=1S/C42H80N2O8/c1-3-5-7-9-11-13-15-16-17-18-19-21-23-25-27-29-33-44(37(47)30-28-26-24-22-20-14-12-10-8-6-4-2)42-39(43-36(46)31-32-38(48)49)41(51)40(50)35(34-45)52-42/h35,39-42,45,50-51H,3-34H2,1-2H3,(H,43,46)(H,48,49)/t35-,39+,40-,41-,42-/m1/s1. The maximum Gasteiger partial charge on any atom is 0.303 e. The first-order chi connectivity index (χ1) is 25.3. The number of carbonyl (C=O) groups excluding carboxylic acids is 2. The predicted molar refractivity (Wildman–Crippen MR) is 209 cm³/mol. The number of aliphatic carboxylic acids is 1. The van der Waals surface area contributed by atoms with Crippen LogP contribution in [0.1, 0.15) is 206 Å². The minimum Gasteiger partial charge on any atom is -0.481 e. The molecule has 10 heteroatoms. The van der Waals surface area contributed by atoms with Crippen LogP contribution in [0.25, 0.3) is 0 Å². The Labute approximate surface area is 317 Å². The summed E-state index contributed by atoms with van der Waals surface area (Å²) in [5, 5.41) is 43.3. The average molecular weight is 741 g/mol. The maximum absolute atomic E-state index is 13.8. The fraction of sp³-hybridized carbons (Fsp3) is 0.929. The van der Waals surface area contributed by atoms with E-state index >= 15 is 0 Å². The molecule has 0 radical (unpaired) electrons. The molecule has 1 heterocycles. The van der Waals surface area contributed by atoms with Gasteiger partial charge < -0.3 is 35.4 Å². The number of carbonyl (C=O) groups is 3. The van der Waals surface area contributed by atoms with Crippen LogP contribution in [0.5, 0.6) is 0 Å². The van der Waals surface area contributed by atoms with Crippen LogP contribution in [0.4, 0.5) is 0 Å². The van der Waals surface area contributed by atoms with Gasteiger partial charge >= 0.3 is 5.97 Å². The van der Waals surface area contributed by atoms with Gasteiger partial charge in [-0.25, -0.2) is 0 Å². The summed E-state index contributed by atoms with van der Waals surface area (Å²) in [6.07, 6.45) is 27.0. The first-order valence-electron chi connectivity index (χ1n) is 21.7. The summed E-state index contributed by atoms with van der Waals surface area (Å²) in [6, 6.07) is -1.17. The van der Waals surface area contributed by atoms with Crippen molar-refractivity contribution in [3.05, 3.63) is 0 Å². The zero-order valence-electron chi connectivity index (χ0n) is 33.4. The minimum absolute atomic E-state index is 0.146. The third-order valence-corrected chi connectivity index (χ3v) is 10.7. The molecule has 1 aliphatic rings. The van der Waals surface area contributed by atoms with Gasteiger partial charge in [-0.05, 0) is 12.8 Å². The summed E-state index contributed by atoms with van der Waals surface area (Å²) in [5.74, 6) is -1.89. The lowest BCUT2D eigenvalue weighted by Gasteiger charge is -2.47. The van der Waals surface area contributed by atoms with E-state index in [2.05, 4.69) is 19.2 Å². The molecule has 1 fully saturated rings. The number of carboxylic acids is 1. The van der Waals surface area contributed by atoms with Crippen LogP contribution in [0.2, 0.25) is 0 Å². The van der Waals surface area contributed by atoms with Crippen molar-refractivity contribution in [2.75, 3.05) is 13.2 Å². The number of carboxylic acid groups (broad SMARTS) is 1. The molecule has 0 aromatic rings. The highest BCUT2D eigenvalue weighted by atomic mass is 16.5. The van der Waals surface area contributed by atoms with Crippen LogP contribution in [-0.4, -0.2) is 86.8 Å². The predicted octanol–water partition coefficient (Wildman–Crippen LogP) is 8.57. The van der Waals surface area contributed by atoms with E-state index in [1.54, 1.807) is 4.90 Å². The Balaban J connectivity index is 2.65. The molecule has 5 atom stereocenters. The van der Waals surface area contributed by atoms with Gasteiger partial charge in [-0.3, -0.25) is 14.4 Å². The molecule has 0 aliphatic carbocycles. The summed E-state index contributed by atoms with van der Waals surface area (Å²) < 4.78 is 6.04. The van der Waals surface area contributed by atoms with Crippen LogP contribution in [0.15, 0.2) is 0 Å². The fourth-order valence-electron chi connectivity index (χ4n) is 7.31. The van der Waals surface area contributed by atoms with Crippen LogP contribution >= 0.6 is 0 Å². The van der Waals surface area contributed by atoms with Crippen molar-refractivity contribution in [2.45, 2.75) is 237 Å². The van der Waals surface area contributed by atoms with E-state index in [-0.39, 0.29) is 18.7 Å². The van der Waals surface area contributed by atoms with Crippen molar-refractivity contribution in [1.82, 2.24) is 10.2 Å². The lowest BCUT2D eigenvalue weighted by Crippen LogP contribution is -2.68. The second-order valence-electron chi connectivity index (χ2n) is 15.4. The highest BCUT2D eigenvalue weighted by Gasteiger charge is 2.48. The SMILES string of the molecule is CCCCCCCCCCCCCCCCCCN(C(=O)CCCCCCCCCCCCC)[C@@H]1O[C@H](CO)[C@@H](O)[C@H](O)[C@@H]1NC(=O)CCC(=O)O. The summed E-state index contributed by atoms with van der Waals surface area (Å²) in [7, 11) is 0. The van der Waals surface area contributed by atoms with Crippen molar-refractivity contribution in [1.29, 1.82) is 0 Å². The monoisotopic (exact) mass is 741 g/mol. The Morgan fingerprint density at radius 2 is 0.962 bits per heavy atom. The molecule has 1 rings (SSSR count). The summed E-state index contributed by atoms with van der Waals surface area (Å²) in [4.78, 5) is 39.1. The highest BCUT2D eigenvalue weighted by Crippen LogP contribution is 2.26. The summed E-state index contributed by atoms with van der Waals surface area (Å²) in [6.45, 7) is 4.29. The van der Waals surface area contributed by atoms with Gasteiger partial charge in [0.2, 0.25) is 11.8 Å². The average Bonchev–Trinajstić information content (AvgIpc) is 3.13. The fourth-order valence-corrected chi connectivity index (χ4v) is 7.31. The smallest absolute Gasteiger partial charge is 0.303 e. The second-order valence-corrected chi connectivity index (χ2v) is 15.4. The third-order valence-electron chi connectivity index (χ3n) is 10.7. The molecule has 0 bridgehead atoms. The van der Waals surface area contributed by atoms with Gasteiger partial charge in [0.1, 0.15) is 24.4 Å². The topological polar surface area (TPSA) is 157 Å². The number of nitrogens with one attached hydrogen (secondary N) is 1. The largest absolute Gasteiger partial charge is 0.481 e. The number of unbranched alkanes of at least 4 members (excludes halogenated alkanes) is 25. The number of rotatable bonds is 35. The number of hydrogen-bond donors (Lipinski definition) is 5. The van der Waals surface area contributed by atoms with Crippen molar-refractivity contribution in [3.8, 4) is 0 Å². The van der Waals surface area contributed by atoms with Crippen molar-refractivity contribution in [3.63, 3.8) is 0 Å². The number of ether oxygens (including phenoxy) is 1. The van der Waals surface area contributed by atoms with Gasteiger partial charge in [0.15, 0.2) is 6.23 Å². The Morgan fingerprint density at radius 1 is 0.558 bits per heavy atom. The number of aliphatic hydroxyl groups excluding tert-OH is 3. The van der Waals surface area contributed by atoms with E-state index in [1.165, 1.54) is 122 Å². The third kappa shape index (κ3) is 23.1. The Morgan fingerprint density at radius 3 is 1.37 bits per heavy atom. The number of aliphatic hydroxyl groups is 3. The lowest BCUT2D eigenvalue weighted by molar-refractivity contribution is -0.231. The zero-order valence-corrected chi connectivity index (χ0v) is 33.4. The molecule has 0 aromatic carbocycles. The molecule has 52 heavy (non-hydrogen) atoms. The normalized spacial score (nSPS) is 20.2. The zero-order chi connectivity index (χ0) is 38.2. The van der Waals surface area contributed by atoms with Crippen molar-refractivity contribution in [2.24, 2.45) is 0 Å². The number of nitrogens with zero attached hydrogens (tertiary/aromatic N) is 1. The Hall–Kier alpha value is -1.75. The van der Waals surface area contributed by atoms with E-state index in [0.29, 0.717) is 13.0 Å². The number of amides is 2. The van der Waals surface area contributed by atoms with Gasteiger partial charge in [-0.2, -0.15) is 0 Å². The highest BCUT2D eigenvalue weighted by molar-refractivity contribution is 5.81. The molecule has 10 nitrogen and oxygen atoms in total. The molecule has 5 N–H and O–H groups in total. The molecule has 0 unspecified atom stereocenters. The van der Waals surface area contributed by atoms with Gasteiger partial charge in [0, 0.05) is 19.4 Å². The van der Waals surface area contributed by atoms with E-state index in [1.807, 2.05) is 0 Å². The van der Waals surface area contributed by atoms with E-state index in [0.717, 1.165) is 51.4 Å². The van der Waals surface area contributed by atoms with Gasteiger partial charge in [0.25, 0.3) is 0 Å². The molecule has 1 saturated heterocycles. The molecular weight excluding hydrogens is 660 g/mol. The Bertz CT molecular complexity index is 890. The first kappa shape index (κ1) is 48.3. The minimum atomic E-state index is -1.51. The summed E-state index contributed by atoms with van der Waals surface area (Å²) in [5.41, 5.74) is 0. The quantitative estimate of drug-likeness (QED) is 0.0405. The molecule has 0 aromatic heterocycles. The summed E-state index contributed by atoms with van der Waals surface area (Å²) >= 11 is 0. The van der Waals surface area contributed by atoms with Crippen LogP contribution in [0.3, 0.4) is 0 Å². The molecule has 0 spiro atoms. The van der Waals surface area contributed by atoms with Gasteiger partial charge in [-0.1, -0.05) is 174 Å².